The number of hydrogen-bond donors (Lipinski definition) is 2. The van der Waals surface area contributed by atoms with E-state index in [9.17, 15) is 0 Å². The van der Waals surface area contributed by atoms with E-state index in [1.807, 2.05) is 6.92 Å². The zero-order valence-electron chi connectivity index (χ0n) is 7.34. The minimum absolute atomic E-state index is 0.319. The SMILES string of the molecule is CCCCO.CCCO.[O]=[Ti]. The fourth-order valence-electron chi connectivity index (χ4n) is 0.158. The molecule has 0 aromatic rings. The fraction of sp³-hybridized carbons (Fsp3) is 1.00. The van der Waals surface area contributed by atoms with Crippen LogP contribution in [0.3, 0.4) is 0 Å². The quantitative estimate of drug-likeness (QED) is 0.666. The van der Waals surface area contributed by atoms with Crippen LogP contribution in [-0.2, 0) is 23.7 Å². The molecule has 0 heterocycles. The average Bonchev–Trinajstić information content (AvgIpc) is 2.10. The van der Waals surface area contributed by atoms with Crippen molar-refractivity contribution in [2.45, 2.75) is 33.1 Å². The van der Waals surface area contributed by atoms with E-state index in [0.29, 0.717) is 13.2 Å². The summed E-state index contributed by atoms with van der Waals surface area (Å²) in [5, 5.41) is 15.9. The van der Waals surface area contributed by atoms with Crippen LogP contribution in [0.25, 0.3) is 0 Å². The number of unbranched alkanes of at least 4 members (excludes halogenated alkanes) is 1. The Bertz CT molecular complexity index is 40.7. The Hall–Kier alpha value is 0.434. The monoisotopic (exact) mass is 198 g/mol. The summed E-state index contributed by atoms with van der Waals surface area (Å²) in [5.74, 6) is 0. The van der Waals surface area contributed by atoms with Crippen LogP contribution in [0.15, 0.2) is 0 Å². The van der Waals surface area contributed by atoms with Crippen LogP contribution >= 0.6 is 0 Å². The van der Waals surface area contributed by atoms with Crippen molar-refractivity contribution in [1.29, 1.82) is 0 Å². The van der Waals surface area contributed by atoms with Gasteiger partial charge in [0.1, 0.15) is 0 Å². The normalized spacial score (nSPS) is 6.82. The van der Waals surface area contributed by atoms with Crippen molar-refractivity contribution >= 4 is 0 Å². The molecule has 0 saturated carbocycles. The molecule has 4 heteroatoms. The molecule has 0 aliphatic heterocycles. The summed E-state index contributed by atoms with van der Waals surface area (Å²) < 4.78 is 8.25. The molecule has 0 aromatic heterocycles. The van der Waals surface area contributed by atoms with Gasteiger partial charge in [0.2, 0.25) is 0 Å². The number of aliphatic hydroxyl groups is 2. The molecule has 0 spiro atoms. The topological polar surface area (TPSA) is 57.5 Å². The van der Waals surface area contributed by atoms with Crippen LogP contribution < -0.4 is 0 Å². The van der Waals surface area contributed by atoms with Gasteiger partial charge >= 0.3 is 23.7 Å². The van der Waals surface area contributed by atoms with Gasteiger partial charge in [0.25, 0.3) is 0 Å². The van der Waals surface area contributed by atoms with E-state index in [0.717, 1.165) is 39.7 Å². The van der Waals surface area contributed by atoms with Gasteiger partial charge in [-0.1, -0.05) is 20.3 Å². The van der Waals surface area contributed by atoms with Crippen molar-refractivity contribution in [3.05, 3.63) is 0 Å². The maximum atomic E-state index is 8.25. The van der Waals surface area contributed by atoms with Crippen LogP contribution in [0.1, 0.15) is 33.1 Å². The molecule has 0 atom stereocenters. The Labute approximate surface area is 80.5 Å². The number of aliphatic hydroxyl groups excluding tert-OH is 2. The zero-order valence-corrected chi connectivity index (χ0v) is 8.90. The van der Waals surface area contributed by atoms with Crippen LogP contribution in [0, 0.1) is 0 Å². The summed E-state index contributed by atoms with van der Waals surface area (Å²) in [7, 11) is 0. The first kappa shape index (κ1) is 17.5. The van der Waals surface area contributed by atoms with Crippen LogP contribution in [0.4, 0.5) is 0 Å². The number of rotatable bonds is 3. The van der Waals surface area contributed by atoms with Gasteiger partial charge in [-0.25, -0.2) is 0 Å². The van der Waals surface area contributed by atoms with E-state index in [1.54, 1.807) is 0 Å². The predicted octanol–water partition coefficient (Wildman–Crippen LogP) is 1.05. The standard InChI is InChI=1S/C4H10O.C3H8O.O.Ti/c1-2-3-4-5;1-2-3-4;;/h5H,2-4H2,1H3;4H,2-3H2,1H3;;. The zero-order chi connectivity index (χ0) is 9.54. The van der Waals surface area contributed by atoms with E-state index < -0.39 is 0 Å². The van der Waals surface area contributed by atoms with E-state index in [-0.39, 0.29) is 0 Å². The van der Waals surface area contributed by atoms with Gasteiger partial charge in [-0.15, -0.1) is 0 Å². The third kappa shape index (κ3) is 62.9. The Balaban J connectivity index is -0.0000000965. The summed E-state index contributed by atoms with van der Waals surface area (Å²) in [5.41, 5.74) is 0. The molecular weight excluding hydrogens is 180 g/mol. The van der Waals surface area contributed by atoms with Gasteiger partial charge < -0.3 is 10.2 Å². The van der Waals surface area contributed by atoms with Gasteiger partial charge in [-0.3, -0.25) is 0 Å². The van der Waals surface area contributed by atoms with Crippen LogP contribution in [0.5, 0.6) is 0 Å². The second-order valence-corrected chi connectivity index (χ2v) is 1.80. The van der Waals surface area contributed by atoms with E-state index in [2.05, 4.69) is 6.92 Å². The van der Waals surface area contributed by atoms with Gasteiger partial charge in [0.15, 0.2) is 0 Å². The van der Waals surface area contributed by atoms with Crippen LogP contribution in [0.2, 0.25) is 0 Å². The Morgan fingerprint density at radius 1 is 1.00 bits per heavy atom. The first-order valence-electron chi connectivity index (χ1n) is 3.75. The molecule has 0 fully saturated rings. The molecule has 0 radical (unpaired) electrons. The molecule has 0 saturated heterocycles. The summed E-state index contributed by atoms with van der Waals surface area (Å²) >= 11 is 0.750. The molecule has 3 nitrogen and oxygen atoms in total. The second kappa shape index (κ2) is 31.4. The summed E-state index contributed by atoms with van der Waals surface area (Å²) in [6.07, 6.45) is 2.91. The molecule has 0 aliphatic rings. The maximum absolute atomic E-state index is 8.25. The third-order valence-corrected chi connectivity index (χ3v) is 0.735. The summed E-state index contributed by atoms with van der Waals surface area (Å²) in [4.78, 5) is 0. The fourth-order valence-corrected chi connectivity index (χ4v) is 0.158. The molecular formula is C7H18O3Ti. The first-order chi connectivity index (χ1) is 5.33. The van der Waals surface area contributed by atoms with Gasteiger partial charge in [-0.05, 0) is 12.8 Å². The van der Waals surface area contributed by atoms with E-state index >= 15 is 0 Å². The van der Waals surface area contributed by atoms with E-state index in [1.165, 1.54) is 0 Å². The molecule has 2 N–H and O–H groups in total. The molecule has 0 rings (SSSR count). The molecule has 0 amide bonds. The van der Waals surface area contributed by atoms with Crippen LogP contribution in [-0.4, -0.2) is 23.4 Å². The average molecular weight is 198 g/mol. The number of hydrogen-bond acceptors (Lipinski definition) is 3. The van der Waals surface area contributed by atoms with E-state index in [4.69, 9.17) is 13.5 Å². The Morgan fingerprint density at radius 2 is 1.36 bits per heavy atom. The van der Waals surface area contributed by atoms with Crippen molar-refractivity contribution in [2.75, 3.05) is 13.2 Å². The van der Waals surface area contributed by atoms with Gasteiger partial charge in [-0.2, -0.15) is 0 Å². The van der Waals surface area contributed by atoms with Gasteiger partial charge in [0, 0.05) is 13.2 Å². The molecule has 0 unspecified atom stereocenters. The summed E-state index contributed by atoms with van der Waals surface area (Å²) in [6, 6.07) is 0. The van der Waals surface area contributed by atoms with Crippen molar-refractivity contribution in [1.82, 2.24) is 0 Å². The molecule has 11 heavy (non-hydrogen) atoms. The Kier molecular flexibility index (Phi) is 50.0. The van der Waals surface area contributed by atoms with Gasteiger partial charge in [0.05, 0.1) is 0 Å². The van der Waals surface area contributed by atoms with Crippen molar-refractivity contribution < 1.29 is 33.9 Å². The summed E-state index contributed by atoms with van der Waals surface area (Å²) in [6.45, 7) is 4.65. The van der Waals surface area contributed by atoms with Crippen molar-refractivity contribution in [3.8, 4) is 0 Å². The van der Waals surface area contributed by atoms with Crippen molar-refractivity contribution in [3.63, 3.8) is 0 Å². The third-order valence-electron chi connectivity index (χ3n) is 0.735. The second-order valence-electron chi connectivity index (χ2n) is 1.80. The minimum atomic E-state index is 0.319. The first-order valence-corrected chi connectivity index (χ1v) is 4.39. The molecule has 68 valence electrons. The van der Waals surface area contributed by atoms with Crippen molar-refractivity contribution in [2.24, 2.45) is 0 Å². The molecule has 0 aromatic carbocycles. The Morgan fingerprint density at radius 3 is 1.36 bits per heavy atom. The molecule has 0 aliphatic carbocycles. The predicted molar refractivity (Wildman–Crippen MR) is 40.1 cm³/mol. The molecule has 0 bridgehead atoms.